The predicted octanol–water partition coefficient (Wildman–Crippen LogP) is 2.57. The molecular formula is C24H36N4O3. The Hall–Kier alpha value is -2.12. The second kappa shape index (κ2) is 10.5. The van der Waals surface area contributed by atoms with Crippen molar-refractivity contribution in [3.63, 3.8) is 0 Å². The molecule has 3 fully saturated rings. The molecule has 0 bridgehead atoms. The van der Waals surface area contributed by atoms with Gasteiger partial charge in [-0.15, -0.1) is 0 Å². The van der Waals surface area contributed by atoms with Crippen LogP contribution in [0.3, 0.4) is 0 Å². The zero-order valence-electron chi connectivity index (χ0n) is 18.7. The van der Waals surface area contributed by atoms with Crippen LogP contribution < -0.4 is 10.2 Å². The molecule has 1 aromatic rings. The molecule has 31 heavy (non-hydrogen) atoms. The molecule has 7 nitrogen and oxygen atoms in total. The summed E-state index contributed by atoms with van der Waals surface area (Å²) in [6, 6.07) is 7.93. The van der Waals surface area contributed by atoms with Gasteiger partial charge in [0, 0.05) is 44.1 Å². The van der Waals surface area contributed by atoms with E-state index in [0.29, 0.717) is 32.8 Å². The van der Waals surface area contributed by atoms with E-state index in [1.807, 2.05) is 24.0 Å². The van der Waals surface area contributed by atoms with Gasteiger partial charge >= 0.3 is 0 Å². The molecule has 0 aromatic heterocycles. The summed E-state index contributed by atoms with van der Waals surface area (Å²) in [6.07, 6.45) is 5.67. The largest absolute Gasteiger partial charge is 0.378 e. The molecule has 2 atom stereocenters. The van der Waals surface area contributed by atoms with Crippen molar-refractivity contribution in [2.75, 3.05) is 62.7 Å². The summed E-state index contributed by atoms with van der Waals surface area (Å²) in [7, 11) is 0. The van der Waals surface area contributed by atoms with Crippen molar-refractivity contribution in [2.45, 2.75) is 45.1 Å². The number of benzene rings is 1. The van der Waals surface area contributed by atoms with Crippen LogP contribution in [-0.2, 0) is 14.3 Å². The fourth-order valence-electron chi connectivity index (χ4n) is 4.92. The highest BCUT2D eigenvalue weighted by Gasteiger charge is 2.33. The maximum absolute atomic E-state index is 12.9. The maximum atomic E-state index is 12.9. The van der Waals surface area contributed by atoms with Crippen LogP contribution in [0.1, 0.15) is 39.0 Å². The quantitative estimate of drug-likeness (QED) is 0.781. The molecule has 1 N–H and O–H groups in total. The number of carbonyl (C=O) groups excluding carboxylic acids is 2. The second-order valence-corrected chi connectivity index (χ2v) is 9.03. The van der Waals surface area contributed by atoms with Crippen LogP contribution in [0, 0.1) is 5.92 Å². The first kappa shape index (κ1) is 22.1. The Morgan fingerprint density at radius 2 is 1.68 bits per heavy atom. The van der Waals surface area contributed by atoms with Gasteiger partial charge < -0.3 is 19.9 Å². The Balaban J connectivity index is 1.30. The Bertz CT molecular complexity index is 742. The number of ether oxygens (including phenoxy) is 1. The van der Waals surface area contributed by atoms with Crippen molar-refractivity contribution in [3.05, 3.63) is 24.3 Å². The molecule has 0 saturated carbocycles. The molecule has 3 heterocycles. The first-order chi connectivity index (χ1) is 15.1. The predicted molar refractivity (Wildman–Crippen MR) is 122 cm³/mol. The molecule has 4 rings (SSSR count). The minimum atomic E-state index is -0.262. The number of rotatable bonds is 5. The molecule has 2 amide bonds. The normalized spacial score (nSPS) is 24.0. The van der Waals surface area contributed by atoms with Gasteiger partial charge in [0.05, 0.1) is 25.2 Å². The lowest BCUT2D eigenvalue weighted by Gasteiger charge is -2.38. The average Bonchev–Trinajstić information content (AvgIpc) is 2.84. The summed E-state index contributed by atoms with van der Waals surface area (Å²) >= 11 is 0. The van der Waals surface area contributed by atoms with Gasteiger partial charge in [0.15, 0.2) is 0 Å². The van der Waals surface area contributed by atoms with Gasteiger partial charge in [-0.2, -0.15) is 0 Å². The molecule has 2 unspecified atom stereocenters. The molecular weight excluding hydrogens is 392 g/mol. The molecule has 7 heteroatoms. The van der Waals surface area contributed by atoms with Crippen LogP contribution in [-0.4, -0.2) is 80.1 Å². The van der Waals surface area contributed by atoms with Crippen molar-refractivity contribution >= 4 is 23.2 Å². The van der Waals surface area contributed by atoms with Gasteiger partial charge in [-0.25, -0.2) is 0 Å². The summed E-state index contributed by atoms with van der Waals surface area (Å²) in [5.74, 6) is 0.185. The standard InChI is InChI=1S/C24H36N4O3/c1-19(28-13-5-6-20(18-28)24(30)27-14-16-31-17-15-27)23(29)25-21-7-9-22(10-8-21)26-11-3-2-4-12-26/h7-10,19-20H,2-6,11-18H2,1H3,(H,25,29). The van der Waals surface area contributed by atoms with E-state index in [4.69, 9.17) is 4.74 Å². The van der Waals surface area contributed by atoms with Crippen molar-refractivity contribution in [2.24, 2.45) is 5.92 Å². The smallest absolute Gasteiger partial charge is 0.241 e. The first-order valence-corrected chi connectivity index (χ1v) is 11.9. The van der Waals surface area contributed by atoms with Crippen LogP contribution >= 0.6 is 0 Å². The second-order valence-electron chi connectivity index (χ2n) is 9.03. The van der Waals surface area contributed by atoms with Crippen molar-refractivity contribution < 1.29 is 14.3 Å². The summed E-state index contributed by atoms with van der Waals surface area (Å²) in [4.78, 5) is 32.3. The number of nitrogens with one attached hydrogen (secondary N) is 1. The highest BCUT2D eigenvalue weighted by molar-refractivity contribution is 5.94. The van der Waals surface area contributed by atoms with E-state index in [-0.39, 0.29) is 23.8 Å². The highest BCUT2D eigenvalue weighted by atomic mass is 16.5. The maximum Gasteiger partial charge on any atom is 0.241 e. The van der Waals surface area contributed by atoms with Crippen LogP contribution in [0.15, 0.2) is 24.3 Å². The van der Waals surface area contributed by atoms with E-state index in [1.165, 1.54) is 24.9 Å². The van der Waals surface area contributed by atoms with Gasteiger partial charge in [-0.3, -0.25) is 14.5 Å². The van der Waals surface area contributed by atoms with Gasteiger partial charge in [0.25, 0.3) is 0 Å². The van der Waals surface area contributed by atoms with Crippen LogP contribution in [0.2, 0.25) is 0 Å². The topological polar surface area (TPSA) is 65.1 Å². The lowest BCUT2D eigenvalue weighted by Crippen LogP contribution is -2.52. The zero-order valence-corrected chi connectivity index (χ0v) is 18.7. The number of hydrogen-bond donors (Lipinski definition) is 1. The number of carbonyl (C=O) groups is 2. The monoisotopic (exact) mass is 428 g/mol. The van der Waals surface area contributed by atoms with E-state index in [2.05, 4.69) is 27.2 Å². The average molecular weight is 429 g/mol. The van der Waals surface area contributed by atoms with E-state index in [0.717, 1.165) is 38.2 Å². The molecule has 1 aromatic carbocycles. The number of hydrogen-bond acceptors (Lipinski definition) is 5. The van der Waals surface area contributed by atoms with Gasteiger partial charge in [0.1, 0.15) is 0 Å². The highest BCUT2D eigenvalue weighted by Crippen LogP contribution is 2.24. The van der Waals surface area contributed by atoms with Gasteiger partial charge in [0.2, 0.25) is 11.8 Å². The van der Waals surface area contributed by atoms with E-state index in [1.54, 1.807) is 0 Å². The van der Waals surface area contributed by atoms with Crippen LogP contribution in [0.5, 0.6) is 0 Å². The molecule has 0 spiro atoms. The van der Waals surface area contributed by atoms with Gasteiger partial charge in [-0.1, -0.05) is 0 Å². The van der Waals surface area contributed by atoms with Crippen LogP contribution in [0.4, 0.5) is 11.4 Å². The minimum Gasteiger partial charge on any atom is -0.378 e. The summed E-state index contributed by atoms with van der Waals surface area (Å²) in [6.45, 7) is 8.28. The van der Waals surface area contributed by atoms with Crippen LogP contribution in [0.25, 0.3) is 0 Å². The number of morpholine rings is 1. The zero-order chi connectivity index (χ0) is 21.6. The minimum absolute atomic E-state index is 0.00908. The third-order valence-electron chi connectivity index (χ3n) is 6.91. The Morgan fingerprint density at radius 1 is 0.968 bits per heavy atom. The third-order valence-corrected chi connectivity index (χ3v) is 6.91. The Kier molecular flexibility index (Phi) is 7.45. The number of amides is 2. The molecule has 0 aliphatic carbocycles. The summed E-state index contributed by atoms with van der Waals surface area (Å²) < 4.78 is 5.37. The summed E-state index contributed by atoms with van der Waals surface area (Å²) in [5.41, 5.74) is 2.06. The fraction of sp³-hybridized carbons (Fsp3) is 0.667. The summed E-state index contributed by atoms with van der Waals surface area (Å²) in [5, 5.41) is 3.07. The number of piperidine rings is 2. The molecule has 3 aliphatic rings. The molecule has 3 saturated heterocycles. The lowest BCUT2D eigenvalue weighted by molar-refractivity contribution is -0.142. The Morgan fingerprint density at radius 3 is 2.39 bits per heavy atom. The number of nitrogens with zero attached hydrogens (tertiary/aromatic N) is 3. The van der Waals surface area contributed by atoms with Crippen molar-refractivity contribution in [1.82, 2.24) is 9.80 Å². The molecule has 0 radical (unpaired) electrons. The fourth-order valence-corrected chi connectivity index (χ4v) is 4.92. The van der Waals surface area contributed by atoms with E-state index >= 15 is 0 Å². The van der Waals surface area contributed by atoms with Gasteiger partial charge in [-0.05, 0) is 69.8 Å². The lowest BCUT2D eigenvalue weighted by atomic mass is 9.95. The molecule has 170 valence electrons. The van der Waals surface area contributed by atoms with E-state index in [9.17, 15) is 9.59 Å². The third kappa shape index (κ3) is 5.57. The Labute approximate surface area is 185 Å². The van der Waals surface area contributed by atoms with E-state index < -0.39 is 0 Å². The molecule has 3 aliphatic heterocycles. The SMILES string of the molecule is CC(C(=O)Nc1ccc(N2CCCCC2)cc1)N1CCCC(C(=O)N2CCOCC2)C1. The first-order valence-electron chi connectivity index (χ1n) is 11.9. The number of likely N-dealkylation sites (tertiary alicyclic amines) is 1. The number of anilines is 2. The van der Waals surface area contributed by atoms with Crippen molar-refractivity contribution in [1.29, 1.82) is 0 Å². The van der Waals surface area contributed by atoms with Crippen molar-refractivity contribution in [3.8, 4) is 0 Å².